The van der Waals surface area contributed by atoms with Gasteiger partial charge in [-0.2, -0.15) is 5.10 Å². The summed E-state index contributed by atoms with van der Waals surface area (Å²) in [7, 11) is 0. The molecule has 0 radical (unpaired) electrons. The number of hydrogen-bond acceptors (Lipinski definition) is 2. The Morgan fingerprint density at radius 2 is 1.73 bits per heavy atom. The minimum absolute atomic E-state index is 0.882. The molecule has 0 aliphatic heterocycles. The fraction of sp³-hybridized carbons (Fsp3) is 0.0870. The van der Waals surface area contributed by atoms with Crippen LogP contribution in [0, 0.1) is 6.92 Å². The standard InChI is InChI=1S/C23H21N3/c1-18-7-9-19(10-8-18)17-26-14-13-21-15-20(11-12-23(21)26)16-24-25-22-5-3-2-4-6-22/h2-16,25H,17H2,1H3. The SMILES string of the molecule is Cc1ccc(Cn2ccc3cc(C=NNc4ccccc4)ccc32)cc1. The number of aromatic nitrogens is 1. The predicted octanol–water partition coefficient (Wildman–Crippen LogP) is 5.44. The third kappa shape index (κ3) is 3.67. The van der Waals surface area contributed by atoms with Crippen molar-refractivity contribution in [3.8, 4) is 0 Å². The van der Waals surface area contributed by atoms with E-state index in [0.29, 0.717) is 0 Å². The second-order valence-electron chi connectivity index (χ2n) is 6.48. The van der Waals surface area contributed by atoms with Gasteiger partial charge in [0.15, 0.2) is 0 Å². The van der Waals surface area contributed by atoms with E-state index >= 15 is 0 Å². The molecule has 3 aromatic carbocycles. The highest BCUT2D eigenvalue weighted by atomic mass is 15.3. The molecule has 3 nitrogen and oxygen atoms in total. The molecule has 1 aromatic heterocycles. The largest absolute Gasteiger partial charge is 0.343 e. The summed E-state index contributed by atoms with van der Waals surface area (Å²) < 4.78 is 2.28. The van der Waals surface area contributed by atoms with Crippen molar-refractivity contribution in [2.45, 2.75) is 13.5 Å². The number of nitrogens with one attached hydrogen (secondary N) is 1. The van der Waals surface area contributed by atoms with Crippen molar-refractivity contribution >= 4 is 22.8 Å². The summed E-state index contributed by atoms with van der Waals surface area (Å²) >= 11 is 0. The molecule has 26 heavy (non-hydrogen) atoms. The Labute approximate surface area is 153 Å². The summed E-state index contributed by atoms with van der Waals surface area (Å²) in [6, 6.07) is 27.2. The van der Waals surface area contributed by atoms with Crippen LogP contribution in [0.25, 0.3) is 10.9 Å². The molecule has 4 rings (SSSR count). The molecular formula is C23H21N3. The van der Waals surface area contributed by atoms with E-state index in [0.717, 1.165) is 17.8 Å². The fourth-order valence-electron chi connectivity index (χ4n) is 3.02. The summed E-state index contributed by atoms with van der Waals surface area (Å²) in [5, 5.41) is 5.54. The highest BCUT2D eigenvalue weighted by Crippen LogP contribution is 2.19. The van der Waals surface area contributed by atoms with Crippen LogP contribution in [0.3, 0.4) is 0 Å². The van der Waals surface area contributed by atoms with Crippen LogP contribution in [0.15, 0.2) is 90.2 Å². The highest BCUT2D eigenvalue weighted by Gasteiger charge is 2.03. The van der Waals surface area contributed by atoms with Gasteiger partial charge in [-0.1, -0.05) is 54.1 Å². The third-order valence-electron chi connectivity index (χ3n) is 4.45. The average molecular weight is 339 g/mol. The lowest BCUT2D eigenvalue weighted by molar-refractivity contribution is 0.836. The summed E-state index contributed by atoms with van der Waals surface area (Å²) in [5.74, 6) is 0. The van der Waals surface area contributed by atoms with Crippen LogP contribution in [-0.4, -0.2) is 10.8 Å². The van der Waals surface area contributed by atoms with Gasteiger partial charge in [0.2, 0.25) is 0 Å². The molecule has 0 aliphatic rings. The van der Waals surface area contributed by atoms with Crippen LogP contribution in [0.5, 0.6) is 0 Å². The Bertz CT molecular complexity index is 1030. The molecule has 3 heteroatoms. The van der Waals surface area contributed by atoms with Crippen molar-refractivity contribution in [2.24, 2.45) is 5.10 Å². The maximum atomic E-state index is 4.32. The third-order valence-corrected chi connectivity index (χ3v) is 4.45. The second kappa shape index (κ2) is 7.28. The monoisotopic (exact) mass is 339 g/mol. The van der Waals surface area contributed by atoms with E-state index < -0.39 is 0 Å². The van der Waals surface area contributed by atoms with Gasteiger partial charge in [0.1, 0.15) is 0 Å². The minimum atomic E-state index is 0.882. The number of para-hydroxylation sites is 1. The predicted molar refractivity (Wildman–Crippen MR) is 110 cm³/mol. The van der Waals surface area contributed by atoms with Crippen molar-refractivity contribution in [2.75, 3.05) is 5.43 Å². The molecule has 4 aromatic rings. The van der Waals surface area contributed by atoms with Gasteiger partial charge in [-0.05, 0) is 48.4 Å². The zero-order valence-corrected chi connectivity index (χ0v) is 14.8. The molecular weight excluding hydrogens is 318 g/mol. The van der Waals surface area contributed by atoms with Crippen LogP contribution in [-0.2, 0) is 6.54 Å². The smallest absolute Gasteiger partial charge is 0.0561 e. The number of anilines is 1. The molecule has 0 saturated carbocycles. The van der Waals surface area contributed by atoms with Crippen molar-refractivity contribution in [3.05, 3.63) is 102 Å². The van der Waals surface area contributed by atoms with Gasteiger partial charge >= 0.3 is 0 Å². The Hall–Kier alpha value is -3.33. The first kappa shape index (κ1) is 16.2. The first-order chi connectivity index (χ1) is 12.8. The molecule has 0 fully saturated rings. The van der Waals surface area contributed by atoms with E-state index in [-0.39, 0.29) is 0 Å². The number of hydrazone groups is 1. The van der Waals surface area contributed by atoms with Crippen molar-refractivity contribution < 1.29 is 0 Å². The first-order valence-corrected chi connectivity index (χ1v) is 8.76. The fourth-order valence-corrected chi connectivity index (χ4v) is 3.02. The molecule has 128 valence electrons. The van der Waals surface area contributed by atoms with Gasteiger partial charge in [0.25, 0.3) is 0 Å². The number of aryl methyl sites for hydroxylation is 1. The normalized spacial score (nSPS) is 11.3. The molecule has 1 N–H and O–H groups in total. The van der Waals surface area contributed by atoms with Crippen molar-refractivity contribution in [3.63, 3.8) is 0 Å². The van der Waals surface area contributed by atoms with Gasteiger partial charge in [0.05, 0.1) is 11.9 Å². The van der Waals surface area contributed by atoms with E-state index in [4.69, 9.17) is 0 Å². The van der Waals surface area contributed by atoms with Crippen molar-refractivity contribution in [1.82, 2.24) is 4.57 Å². The molecule has 0 atom stereocenters. The number of hydrogen-bond donors (Lipinski definition) is 1. The van der Waals surface area contributed by atoms with Crippen LogP contribution < -0.4 is 5.43 Å². The molecule has 0 unspecified atom stereocenters. The van der Waals surface area contributed by atoms with E-state index in [1.54, 1.807) is 0 Å². The van der Waals surface area contributed by atoms with Crippen LogP contribution in [0.2, 0.25) is 0 Å². The maximum absolute atomic E-state index is 4.32. The first-order valence-electron chi connectivity index (χ1n) is 8.76. The number of fused-ring (bicyclic) bond motifs is 1. The molecule has 1 heterocycles. The summed E-state index contributed by atoms with van der Waals surface area (Å²) in [6.07, 6.45) is 4.00. The summed E-state index contributed by atoms with van der Waals surface area (Å²) in [5.41, 5.74) is 8.94. The molecule has 0 spiro atoms. The van der Waals surface area contributed by atoms with Gasteiger partial charge in [0, 0.05) is 23.6 Å². The lowest BCUT2D eigenvalue weighted by Crippen LogP contribution is -1.97. The lowest BCUT2D eigenvalue weighted by Gasteiger charge is -2.06. The van der Waals surface area contributed by atoms with Gasteiger partial charge in [-0.25, -0.2) is 0 Å². The van der Waals surface area contributed by atoms with Gasteiger partial charge in [-0.15, -0.1) is 0 Å². The average Bonchev–Trinajstić information content (AvgIpc) is 3.07. The Morgan fingerprint density at radius 3 is 2.54 bits per heavy atom. The summed E-state index contributed by atoms with van der Waals surface area (Å²) in [6.45, 7) is 3.00. The van der Waals surface area contributed by atoms with Crippen molar-refractivity contribution in [1.29, 1.82) is 0 Å². The Kier molecular flexibility index (Phi) is 4.52. The maximum Gasteiger partial charge on any atom is 0.0561 e. The van der Waals surface area contributed by atoms with Crippen LogP contribution >= 0.6 is 0 Å². The minimum Gasteiger partial charge on any atom is -0.343 e. The van der Waals surface area contributed by atoms with Crippen LogP contribution in [0.1, 0.15) is 16.7 Å². The van der Waals surface area contributed by atoms with Gasteiger partial charge < -0.3 is 4.57 Å². The number of benzene rings is 3. The quantitative estimate of drug-likeness (QED) is 0.380. The van der Waals surface area contributed by atoms with E-state index in [9.17, 15) is 0 Å². The molecule has 0 amide bonds. The molecule has 0 bridgehead atoms. The Morgan fingerprint density at radius 1 is 0.923 bits per heavy atom. The Balaban J connectivity index is 1.50. The highest BCUT2D eigenvalue weighted by molar-refractivity contribution is 5.89. The summed E-state index contributed by atoms with van der Waals surface area (Å²) in [4.78, 5) is 0. The van der Waals surface area contributed by atoms with Gasteiger partial charge in [-0.3, -0.25) is 5.43 Å². The van der Waals surface area contributed by atoms with E-state index in [1.165, 1.54) is 22.0 Å². The van der Waals surface area contributed by atoms with Crippen LogP contribution in [0.4, 0.5) is 5.69 Å². The zero-order valence-electron chi connectivity index (χ0n) is 14.8. The number of nitrogens with zero attached hydrogens (tertiary/aromatic N) is 2. The molecule has 0 aliphatic carbocycles. The second-order valence-corrected chi connectivity index (χ2v) is 6.48. The number of rotatable bonds is 5. The zero-order chi connectivity index (χ0) is 17.8. The topological polar surface area (TPSA) is 29.3 Å². The molecule has 0 saturated heterocycles. The van der Waals surface area contributed by atoms with E-state index in [1.807, 2.05) is 36.5 Å². The van der Waals surface area contributed by atoms with E-state index in [2.05, 4.69) is 76.7 Å². The lowest BCUT2D eigenvalue weighted by atomic mass is 10.1.